The molecule has 4 heterocycles. The van der Waals surface area contributed by atoms with Crippen molar-refractivity contribution in [1.82, 2.24) is 14.4 Å². The number of hydrogen-bond acceptors (Lipinski definition) is 4. The quantitative estimate of drug-likeness (QED) is 0.180. The molecular weight excluding hydrogens is 647 g/mol. The molecule has 264 valence electrons. The minimum absolute atomic E-state index is 0.00343. The minimum Gasteiger partial charge on any atom is -0.355 e. The van der Waals surface area contributed by atoms with Gasteiger partial charge >= 0.3 is 0 Å². The van der Waals surface area contributed by atoms with Gasteiger partial charge in [0.15, 0.2) is 0 Å². The number of anilines is 3. The maximum atomic E-state index is 5.25. The number of nitrogens with zero attached hydrogens (tertiary/aromatic N) is 5. The Hall–Kier alpha value is -5.68. The van der Waals surface area contributed by atoms with Gasteiger partial charge in [-0.3, -0.25) is 4.98 Å². The summed E-state index contributed by atoms with van der Waals surface area (Å²) in [5, 5.41) is 0. The molecule has 4 aromatic carbocycles. The predicted octanol–water partition coefficient (Wildman–Crippen LogP) is 10.9. The molecule has 53 heavy (non-hydrogen) atoms. The second-order valence-electron chi connectivity index (χ2n) is 16.6. The molecule has 7 aromatic rings. The van der Waals surface area contributed by atoms with Crippen molar-refractivity contribution < 1.29 is 0 Å². The van der Waals surface area contributed by atoms with Gasteiger partial charge in [0.2, 0.25) is 0 Å². The molecule has 3 aromatic heterocycles. The summed E-state index contributed by atoms with van der Waals surface area (Å²) in [4.78, 5) is 15.1. The first kappa shape index (κ1) is 33.2. The highest BCUT2D eigenvalue weighted by molar-refractivity contribution is 5.88. The highest BCUT2D eigenvalue weighted by Crippen LogP contribution is 2.57. The molecule has 0 unspecified atom stereocenters. The second kappa shape index (κ2) is 11.7. The fourth-order valence-corrected chi connectivity index (χ4v) is 9.01. The van der Waals surface area contributed by atoms with Gasteiger partial charge in [0, 0.05) is 35.7 Å². The van der Waals surface area contributed by atoms with E-state index in [4.69, 9.17) is 9.97 Å². The van der Waals surface area contributed by atoms with E-state index in [0.717, 1.165) is 29.4 Å². The standard InChI is InChI=1S/C48H47N5/c1-31-32(2)53-44(47(6,7)43-27-33(24-25-49-43)46(3,4)5)28-35(29-45(53)50-31)48(39-20-11-9-18-37(39)38-19-10-12-21-40(38)48)34-16-15-17-36(26-34)52-30-51(8)41-22-13-14-23-42(41)52/h9-29H,30H2,1-8H3. The van der Waals surface area contributed by atoms with Crippen LogP contribution < -0.4 is 9.80 Å². The van der Waals surface area contributed by atoms with Crippen LogP contribution >= 0.6 is 0 Å². The first-order valence-corrected chi connectivity index (χ1v) is 18.8. The Labute approximate surface area is 313 Å². The van der Waals surface area contributed by atoms with Crippen LogP contribution in [0.5, 0.6) is 0 Å². The maximum absolute atomic E-state index is 5.25. The summed E-state index contributed by atoms with van der Waals surface area (Å²) in [7, 11) is 2.17. The summed E-state index contributed by atoms with van der Waals surface area (Å²) in [5.74, 6) is 0. The highest BCUT2D eigenvalue weighted by Gasteiger charge is 2.47. The van der Waals surface area contributed by atoms with Crippen molar-refractivity contribution in [3.05, 3.63) is 178 Å². The molecule has 0 fully saturated rings. The molecule has 5 nitrogen and oxygen atoms in total. The van der Waals surface area contributed by atoms with E-state index in [1.54, 1.807) is 0 Å². The van der Waals surface area contributed by atoms with Crippen molar-refractivity contribution >= 4 is 22.7 Å². The van der Waals surface area contributed by atoms with Gasteiger partial charge in [-0.2, -0.15) is 0 Å². The summed E-state index contributed by atoms with van der Waals surface area (Å²) >= 11 is 0. The molecule has 1 aliphatic carbocycles. The number of benzene rings is 4. The fourth-order valence-electron chi connectivity index (χ4n) is 9.01. The monoisotopic (exact) mass is 693 g/mol. The molecule has 9 rings (SSSR count). The topological polar surface area (TPSA) is 36.7 Å². The van der Waals surface area contributed by atoms with E-state index in [0.29, 0.717) is 0 Å². The van der Waals surface area contributed by atoms with Crippen LogP contribution in [0.4, 0.5) is 17.1 Å². The summed E-state index contributed by atoms with van der Waals surface area (Å²) < 4.78 is 2.37. The average Bonchev–Trinajstić information content (AvgIpc) is 3.77. The van der Waals surface area contributed by atoms with Gasteiger partial charge in [-0.1, -0.05) is 93.6 Å². The van der Waals surface area contributed by atoms with Crippen molar-refractivity contribution in [2.45, 2.75) is 64.7 Å². The first-order valence-electron chi connectivity index (χ1n) is 18.8. The molecule has 0 bridgehead atoms. The van der Waals surface area contributed by atoms with E-state index in [1.165, 1.54) is 61.7 Å². The van der Waals surface area contributed by atoms with Crippen molar-refractivity contribution in [2.24, 2.45) is 0 Å². The molecular formula is C48H47N5. The van der Waals surface area contributed by atoms with Gasteiger partial charge in [0.05, 0.1) is 34.8 Å². The lowest BCUT2D eigenvalue weighted by molar-refractivity contribution is 0.560. The van der Waals surface area contributed by atoms with Crippen LogP contribution in [0.25, 0.3) is 16.8 Å². The third kappa shape index (κ3) is 4.83. The maximum Gasteiger partial charge on any atom is 0.137 e. The lowest BCUT2D eigenvalue weighted by atomic mass is 9.67. The third-order valence-electron chi connectivity index (χ3n) is 12.0. The summed E-state index contributed by atoms with van der Waals surface area (Å²) in [6, 6.07) is 45.3. The molecule has 0 radical (unpaired) electrons. The molecule has 2 aliphatic rings. The van der Waals surface area contributed by atoms with E-state index in [9.17, 15) is 0 Å². The van der Waals surface area contributed by atoms with Crippen molar-refractivity contribution in [3.63, 3.8) is 0 Å². The molecule has 0 N–H and O–H groups in total. The minimum atomic E-state index is -0.602. The number of aromatic nitrogens is 3. The molecule has 1 aliphatic heterocycles. The van der Waals surface area contributed by atoms with Gasteiger partial charge in [0.1, 0.15) is 5.65 Å². The van der Waals surface area contributed by atoms with E-state index >= 15 is 0 Å². The van der Waals surface area contributed by atoms with Crippen LogP contribution in [0.2, 0.25) is 0 Å². The van der Waals surface area contributed by atoms with Gasteiger partial charge in [-0.25, -0.2) is 4.98 Å². The van der Waals surface area contributed by atoms with Gasteiger partial charge in [-0.05, 0) is 121 Å². The number of pyridine rings is 2. The second-order valence-corrected chi connectivity index (χ2v) is 16.6. The average molecular weight is 694 g/mol. The zero-order valence-electron chi connectivity index (χ0n) is 32.1. The fraction of sp³-hybridized carbons (Fsp3) is 0.250. The molecule has 0 spiro atoms. The molecule has 0 saturated heterocycles. The van der Waals surface area contributed by atoms with Crippen molar-refractivity contribution in [3.8, 4) is 11.1 Å². The van der Waals surface area contributed by atoms with Gasteiger partial charge < -0.3 is 14.2 Å². The summed E-state index contributed by atoms with van der Waals surface area (Å²) in [6.07, 6.45) is 1.98. The number of imidazole rings is 1. The molecule has 0 amide bonds. The van der Waals surface area contributed by atoms with Crippen LogP contribution in [0.3, 0.4) is 0 Å². The Morgan fingerprint density at radius 3 is 2.02 bits per heavy atom. The number of fused-ring (bicyclic) bond motifs is 5. The Morgan fingerprint density at radius 1 is 0.660 bits per heavy atom. The van der Waals surface area contributed by atoms with Crippen molar-refractivity contribution in [2.75, 3.05) is 23.5 Å². The highest BCUT2D eigenvalue weighted by atomic mass is 15.4. The van der Waals surface area contributed by atoms with Gasteiger partial charge in [0.25, 0.3) is 0 Å². The van der Waals surface area contributed by atoms with E-state index < -0.39 is 10.8 Å². The number of rotatable bonds is 5. The van der Waals surface area contributed by atoms with Crippen LogP contribution in [0.15, 0.2) is 128 Å². The zero-order chi connectivity index (χ0) is 36.9. The van der Waals surface area contributed by atoms with E-state index in [1.807, 2.05) is 6.20 Å². The number of para-hydroxylation sites is 2. The molecule has 5 heteroatoms. The smallest absolute Gasteiger partial charge is 0.137 e. The first-order chi connectivity index (χ1) is 25.4. The Kier molecular flexibility index (Phi) is 7.30. The summed E-state index contributed by atoms with van der Waals surface area (Å²) in [6.45, 7) is 16.6. The zero-order valence-corrected chi connectivity index (χ0v) is 32.1. The van der Waals surface area contributed by atoms with Crippen LogP contribution in [-0.2, 0) is 16.2 Å². The largest absolute Gasteiger partial charge is 0.355 e. The SMILES string of the molecule is Cc1nc2cc(C3(c4cccc(N5CN(C)c6ccccc65)c4)c4ccccc4-c4ccccc43)cc(C(C)(C)c3cc(C(C)(C)C)ccn3)n2c1C. The third-order valence-corrected chi connectivity index (χ3v) is 12.0. The van der Waals surface area contributed by atoms with Crippen LogP contribution in [0, 0.1) is 13.8 Å². The molecule has 0 saturated carbocycles. The Balaban J connectivity index is 1.35. The molecule has 0 atom stereocenters. The lowest BCUT2D eigenvalue weighted by Gasteiger charge is -2.36. The number of aryl methyl sites for hydroxylation is 2. The predicted molar refractivity (Wildman–Crippen MR) is 219 cm³/mol. The lowest BCUT2D eigenvalue weighted by Crippen LogP contribution is -2.32. The Bertz CT molecular complexity index is 2520. The normalized spacial score (nSPS) is 14.8. The van der Waals surface area contributed by atoms with Gasteiger partial charge in [-0.15, -0.1) is 0 Å². The van der Waals surface area contributed by atoms with Crippen molar-refractivity contribution in [1.29, 1.82) is 0 Å². The van der Waals surface area contributed by atoms with Crippen LogP contribution in [-0.4, -0.2) is 28.1 Å². The van der Waals surface area contributed by atoms with E-state index in [-0.39, 0.29) is 5.41 Å². The number of hydrogen-bond donors (Lipinski definition) is 0. The Morgan fingerprint density at radius 2 is 1.32 bits per heavy atom. The van der Waals surface area contributed by atoms with E-state index in [2.05, 4.69) is 191 Å². The summed E-state index contributed by atoms with van der Waals surface area (Å²) in [5.41, 5.74) is 16.8. The van der Waals surface area contributed by atoms with Crippen LogP contribution in [0.1, 0.15) is 85.2 Å².